The molecule has 0 aliphatic rings. The lowest BCUT2D eigenvalue weighted by Gasteiger charge is -2.02. The van der Waals surface area contributed by atoms with E-state index in [1.165, 1.54) is 89.9 Å². The maximum atomic E-state index is 10.9. The Morgan fingerprint density at radius 1 is 0.579 bits per heavy atom. The van der Waals surface area contributed by atoms with Crippen molar-refractivity contribution < 1.29 is 4.57 Å². The molecule has 0 rings (SSSR count). The van der Waals surface area contributed by atoms with Gasteiger partial charge in [0.2, 0.25) is 0 Å². The number of hydrogen-bond donors (Lipinski definition) is 0. The summed E-state index contributed by atoms with van der Waals surface area (Å²) in [5, 5.41) is 0. The number of unbranched alkanes of at least 4 members (excludes halogenated alkanes) is 13. The first-order chi connectivity index (χ1) is 9.27. The van der Waals surface area contributed by atoms with E-state index in [1.54, 1.807) is 0 Å². The van der Waals surface area contributed by atoms with Gasteiger partial charge in [0.1, 0.15) is 12.8 Å². The molecule has 0 aromatic rings. The van der Waals surface area contributed by atoms with Gasteiger partial charge in [0, 0.05) is 0 Å². The first-order valence-electron chi connectivity index (χ1n) is 8.65. The lowest BCUT2D eigenvalue weighted by atomic mass is 10.0. The fourth-order valence-corrected chi connectivity index (χ4v) is 3.20. The maximum Gasteiger partial charge on any atom is 0.335 e. The van der Waals surface area contributed by atoms with Gasteiger partial charge in [-0.25, -0.2) is 0 Å². The van der Waals surface area contributed by atoms with Crippen molar-refractivity contribution in [1.29, 1.82) is 0 Å². The minimum Gasteiger partial charge on any atom is -0.0752 e. The van der Waals surface area contributed by atoms with Gasteiger partial charge in [0.25, 0.3) is 0 Å². The van der Waals surface area contributed by atoms with E-state index in [0.717, 1.165) is 6.16 Å². The van der Waals surface area contributed by atoms with Crippen molar-refractivity contribution in [2.75, 3.05) is 12.8 Å². The highest BCUT2D eigenvalue weighted by Gasteiger charge is 2.03. The van der Waals surface area contributed by atoms with Crippen LogP contribution in [-0.2, 0) is 4.57 Å². The van der Waals surface area contributed by atoms with Crippen LogP contribution in [0.2, 0.25) is 0 Å². The van der Waals surface area contributed by atoms with Gasteiger partial charge in [-0.2, -0.15) is 0 Å². The lowest BCUT2D eigenvalue weighted by Crippen LogP contribution is -1.84. The number of hydrogen-bond acceptors (Lipinski definition) is 1. The topological polar surface area (TPSA) is 17.1 Å². The Morgan fingerprint density at radius 2 is 0.895 bits per heavy atom. The molecule has 0 N–H and O–H groups in total. The molecule has 0 aromatic carbocycles. The van der Waals surface area contributed by atoms with Crippen molar-refractivity contribution in [3.63, 3.8) is 0 Å². The normalized spacial score (nSPS) is 11.8. The highest BCUT2D eigenvalue weighted by Crippen LogP contribution is 2.18. The third-order valence-electron chi connectivity index (χ3n) is 3.83. The lowest BCUT2D eigenvalue weighted by molar-refractivity contribution is 0.537. The van der Waals surface area contributed by atoms with Crippen molar-refractivity contribution >= 4 is 7.80 Å². The van der Waals surface area contributed by atoms with Gasteiger partial charge in [0.05, 0.1) is 0 Å². The van der Waals surface area contributed by atoms with Crippen molar-refractivity contribution in [1.82, 2.24) is 0 Å². The van der Waals surface area contributed by atoms with Crippen molar-refractivity contribution in [2.24, 2.45) is 0 Å². The molecule has 1 unspecified atom stereocenters. The Bertz CT molecular complexity index is 192. The van der Waals surface area contributed by atoms with Crippen LogP contribution >= 0.6 is 7.80 Å². The highest BCUT2D eigenvalue weighted by atomic mass is 31.1. The molecule has 0 aromatic heterocycles. The molecule has 0 bridgehead atoms. The van der Waals surface area contributed by atoms with Crippen LogP contribution in [0, 0.1) is 0 Å². The predicted octanol–water partition coefficient (Wildman–Crippen LogP) is 6.92. The molecule has 0 heterocycles. The Labute approximate surface area is 122 Å². The van der Waals surface area contributed by atoms with Gasteiger partial charge in [-0.3, -0.25) is 0 Å². The summed E-state index contributed by atoms with van der Waals surface area (Å²) >= 11 is 0. The predicted molar refractivity (Wildman–Crippen MR) is 88.7 cm³/mol. The zero-order valence-corrected chi connectivity index (χ0v) is 14.4. The zero-order chi connectivity index (χ0) is 14.2. The van der Waals surface area contributed by atoms with Crippen LogP contribution in [0.4, 0.5) is 0 Å². The smallest absolute Gasteiger partial charge is 0.0752 e. The van der Waals surface area contributed by atoms with E-state index in [1.807, 2.05) is 6.66 Å². The van der Waals surface area contributed by atoms with Crippen LogP contribution in [0.5, 0.6) is 0 Å². The van der Waals surface area contributed by atoms with E-state index >= 15 is 0 Å². The second-order valence-corrected chi connectivity index (χ2v) is 7.65. The van der Waals surface area contributed by atoms with E-state index in [0.29, 0.717) is 0 Å². The molecule has 0 saturated heterocycles. The molecule has 0 spiro atoms. The van der Waals surface area contributed by atoms with E-state index in [-0.39, 0.29) is 0 Å². The maximum absolute atomic E-state index is 10.9. The van der Waals surface area contributed by atoms with Gasteiger partial charge >= 0.3 is 7.80 Å². The highest BCUT2D eigenvalue weighted by molar-refractivity contribution is 7.43. The third-order valence-corrected chi connectivity index (χ3v) is 4.77. The summed E-state index contributed by atoms with van der Waals surface area (Å²) < 4.78 is 10.9. The Kier molecular flexibility index (Phi) is 16.2. The summed E-state index contributed by atoms with van der Waals surface area (Å²) in [4.78, 5) is 0. The van der Waals surface area contributed by atoms with E-state index in [9.17, 15) is 4.57 Å². The molecule has 0 aliphatic carbocycles. The summed E-state index contributed by atoms with van der Waals surface area (Å²) in [7, 11) is -0.891. The zero-order valence-electron chi connectivity index (χ0n) is 13.5. The van der Waals surface area contributed by atoms with E-state index in [2.05, 4.69) is 6.92 Å². The SMILES string of the molecule is CCCCCCCCCCCCCCCC[P+](C)=O. The Balaban J connectivity index is 2.93. The van der Waals surface area contributed by atoms with Crippen LogP contribution in [0.3, 0.4) is 0 Å². The summed E-state index contributed by atoms with van der Waals surface area (Å²) in [5.41, 5.74) is 0. The monoisotopic (exact) mass is 287 g/mol. The second kappa shape index (κ2) is 16.2. The molecule has 19 heavy (non-hydrogen) atoms. The van der Waals surface area contributed by atoms with Crippen molar-refractivity contribution in [3.05, 3.63) is 0 Å². The summed E-state index contributed by atoms with van der Waals surface area (Å²) in [6.45, 7) is 4.12. The van der Waals surface area contributed by atoms with E-state index < -0.39 is 7.80 Å². The molecule has 1 nitrogen and oxygen atoms in total. The van der Waals surface area contributed by atoms with Gasteiger partial charge in [-0.15, -0.1) is 0 Å². The second-order valence-electron chi connectivity index (χ2n) is 5.95. The standard InChI is InChI=1S/C17H36OP/c1-3-4-5-6-7-8-9-10-11-12-13-14-15-16-17-19(2)18/h3-17H2,1-2H3/q+1. The van der Waals surface area contributed by atoms with Gasteiger partial charge in [-0.1, -0.05) is 88.5 Å². The Hall–Kier alpha value is 0.100. The summed E-state index contributed by atoms with van der Waals surface area (Å²) in [5.74, 6) is 0. The molecule has 0 fully saturated rings. The van der Waals surface area contributed by atoms with Gasteiger partial charge in [-0.05, 0) is 12.8 Å². The molecular formula is C17H36OP+. The Morgan fingerprint density at radius 3 is 1.21 bits per heavy atom. The molecule has 1 atom stereocenters. The molecule has 2 heteroatoms. The van der Waals surface area contributed by atoms with Crippen molar-refractivity contribution in [3.8, 4) is 0 Å². The van der Waals surface area contributed by atoms with Gasteiger partial charge < -0.3 is 0 Å². The average Bonchev–Trinajstić information content (AvgIpc) is 2.39. The quantitative estimate of drug-likeness (QED) is 0.236. The first kappa shape index (κ1) is 19.1. The molecule has 114 valence electrons. The summed E-state index contributed by atoms with van der Waals surface area (Å²) in [6, 6.07) is 0. The molecular weight excluding hydrogens is 251 g/mol. The van der Waals surface area contributed by atoms with Gasteiger partial charge in [0.15, 0.2) is 0 Å². The van der Waals surface area contributed by atoms with Crippen LogP contribution in [0.15, 0.2) is 0 Å². The van der Waals surface area contributed by atoms with Crippen LogP contribution in [-0.4, -0.2) is 12.8 Å². The van der Waals surface area contributed by atoms with Crippen molar-refractivity contribution in [2.45, 2.75) is 96.8 Å². The minimum absolute atomic E-state index is 0.891. The van der Waals surface area contributed by atoms with E-state index in [4.69, 9.17) is 0 Å². The fraction of sp³-hybridized carbons (Fsp3) is 1.00. The summed E-state index contributed by atoms with van der Waals surface area (Å²) in [6.07, 6.45) is 20.4. The average molecular weight is 287 g/mol. The number of rotatable bonds is 15. The largest absolute Gasteiger partial charge is 0.335 e. The minimum atomic E-state index is -0.891. The first-order valence-corrected chi connectivity index (χ1v) is 10.5. The molecule has 0 aliphatic heterocycles. The fourth-order valence-electron chi connectivity index (χ4n) is 2.53. The molecule has 0 saturated carbocycles. The molecule has 0 amide bonds. The molecule has 0 radical (unpaired) electrons. The van der Waals surface area contributed by atoms with Crippen LogP contribution in [0.25, 0.3) is 0 Å². The van der Waals surface area contributed by atoms with Crippen LogP contribution in [0.1, 0.15) is 96.8 Å². The van der Waals surface area contributed by atoms with Crippen LogP contribution < -0.4 is 0 Å². The third kappa shape index (κ3) is 18.1.